The van der Waals surface area contributed by atoms with Crippen molar-refractivity contribution in [2.24, 2.45) is 0 Å². The van der Waals surface area contributed by atoms with Gasteiger partial charge >= 0.3 is 23.9 Å². The van der Waals surface area contributed by atoms with Crippen LogP contribution in [0.5, 0.6) is 23.0 Å². The molecular formula is C20H18O12. The Bertz CT molecular complexity index is 961. The number of carbonyl (C=O) groups excluding carboxylic acids is 2. The van der Waals surface area contributed by atoms with E-state index in [1.807, 2.05) is 0 Å². The summed E-state index contributed by atoms with van der Waals surface area (Å²) in [5, 5.41) is 56.0. The molecule has 0 aliphatic carbocycles. The third kappa shape index (κ3) is 6.26. The summed E-state index contributed by atoms with van der Waals surface area (Å²) >= 11 is 0. The summed E-state index contributed by atoms with van der Waals surface area (Å²) in [7, 11) is 0. The van der Waals surface area contributed by atoms with Gasteiger partial charge in [0.05, 0.1) is 12.8 Å². The zero-order valence-electron chi connectivity index (χ0n) is 16.2. The standard InChI is InChI=1S/C20H18O12/c21-11-3-1-9(5-13(11)23)7-15(25)31-17(19(27)28)18(20(29)30)32-16(26)8-10-2-4-12(22)14(24)6-10/h1-6,17-18,21-24H,7-8H2,(H,27,28)(H,29,30)/t17-,18-/m1/s1. The SMILES string of the molecule is O=C(Cc1ccc(O)c(O)c1)O[C@@H](C(=O)O)[C@@H](OC(=O)Cc1ccc(O)c(O)c1)C(=O)O. The second kappa shape index (κ2) is 10.0. The molecule has 32 heavy (non-hydrogen) atoms. The number of carbonyl (C=O) groups is 4. The molecule has 0 amide bonds. The van der Waals surface area contributed by atoms with Crippen LogP contribution in [0.15, 0.2) is 36.4 Å². The first-order valence-electron chi connectivity index (χ1n) is 8.84. The molecule has 2 atom stereocenters. The van der Waals surface area contributed by atoms with Crippen LogP contribution in [0, 0.1) is 0 Å². The van der Waals surface area contributed by atoms with Crippen molar-refractivity contribution in [1.29, 1.82) is 0 Å². The summed E-state index contributed by atoms with van der Waals surface area (Å²) in [6, 6.07) is 6.69. The first-order chi connectivity index (χ1) is 15.0. The van der Waals surface area contributed by atoms with Gasteiger partial charge in [-0.2, -0.15) is 0 Å². The lowest BCUT2D eigenvalue weighted by molar-refractivity contribution is -0.187. The smallest absolute Gasteiger partial charge is 0.349 e. The molecule has 2 aromatic carbocycles. The third-order valence-corrected chi connectivity index (χ3v) is 4.06. The zero-order chi connectivity index (χ0) is 24.0. The molecule has 0 aromatic heterocycles. The lowest BCUT2D eigenvalue weighted by Crippen LogP contribution is -2.46. The van der Waals surface area contributed by atoms with Crippen molar-refractivity contribution in [2.45, 2.75) is 25.0 Å². The summed E-state index contributed by atoms with van der Waals surface area (Å²) in [5.74, 6) is -8.17. The molecule has 2 rings (SSSR count). The molecule has 12 heteroatoms. The number of rotatable bonds is 9. The number of aliphatic carboxylic acids is 2. The van der Waals surface area contributed by atoms with Gasteiger partial charge in [-0.15, -0.1) is 0 Å². The molecule has 0 fully saturated rings. The molecule has 6 N–H and O–H groups in total. The van der Waals surface area contributed by atoms with E-state index in [1.165, 1.54) is 12.1 Å². The van der Waals surface area contributed by atoms with Crippen molar-refractivity contribution in [2.75, 3.05) is 0 Å². The quantitative estimate of drug-likeness (QED) is 0.225. The molecule has 170 valence electrons. The molecule has 12 nitrogen and oxygen atoms in total. The highest BCUT2D eigenvalue weighted by Gasteiger charge is 2.40. The third-order valence-electron chi connectivity index (χ3n) is 4.06. The van der Waals surface area contributed by atoms with E-state index in [-0.39, 0.29) is 11.1 Å². The maximum Gasteiger partial charge on any atom is 0.349 e. The Kier molecular flexibility index (Phi) is 7.45. The predicted molar refractivity (Wildman–Crippen MR) is 102 cm³/mol. The van der Waals surface area contributed by atoms with Crippen molar-refractivity contribution < 1.29 is 59.3 Å². The number of phenolic OH excluding ortho intramolecular Hbond substituents is 4. The summed E-state index contributed by atoms with van der Waals surface area (Å²) in [4.78, 5) is 47.1. The van der Waals surface area contributed by atoms with Crippen LogP contribution in [0.1, 0.15) is 11.1 Å². The molecular weight excluding hydrogens is 432 g/mol. The van der Waals surface area contributed by atoms with Crippen molar-refractivity contribution in [1.82, 2.24) is 0 Å². The van der Waals surface area contributed by atoms with Crippen LogP contribution in [0.2, 0.25) is 0 Å². The Labute approximate surface area is 179 Å². The molecule has 0 bridgehead atoms. The number of phenols is 4. The topological polar surface area (TPSA) is 208 Å². The number of ether oxygens (including phenoxy) is 2. The minimum Gasteiger partial charge on any atom is -0.504 e. The number of aromatic hydroxyl groups is 4. The maximum atomic E-state index is 12.1. The zero-order valence-corrected chi connectivity index (χ0v) is 16.2. The van der Waals surface area contributed by atoms with Crippen molar-refractivity contribution in [3.05, 3.63) is 47.5 Å². The number of carboxylic acid groups (broad SMARTS) is 2. The number of hydrogen-bond acceptors (Lipinski definition) is 10. The van der Waals surface area contributed by atoms with Crippen molar-refractivity contribution >= 4 is 23.9 Å². The lowest BCUT2D eigenvalue weighted by Gasteiger charge is -2.21. The van der Waals surface area contributed by atoms with Crippen LogP contribution >= 0.6 is 0 Å². The van der Waals surface area contributed by atoms with E-state index in [0.717, 1.165) is 24.3 Å². The van der Waals surface area contributed by atoms with Gasteiger partial charge in [0.2, 0.25) is 12.2 Å². The minimum atomic E-state index is -2.39. The van der Waals surface area contributed by atoms with E-state index in [0.29, 0.717) is 0 Å². The Morgan fingerprint density at radius 2 is 0.969 bits per heavy atom. The van der Waals surface area contributed by atoms with Crippen LogP contribution in [0.3, 0.4) is 0 Å². The highest BCUT2D eigenvalue weighted by atomic mass is 16.6. The number of benzene rings is 2. The first-order valence-corrected chi connectivity index (χ1v) is 8.84. The average Bonchev–Trinajstić information content (AvgIpc) is 2.70. The molecule has 0 unspecified atom stereocenters. The van der Waals surface area contributed by atoms with E-state index in [4.69, 9.17) is 0 Å². The van der Waals surface area contributed by atoms with Gasteiger partial charge < -0.3 is 40.1 Å². The molecule has 2 aromatic rings. The van der Waals surface area contributed by atoms with E-state index in [9.17, 15) is 49.8 Å². The van der Waals surface area contributed by atoms with Gasteiger partial charge in [-0.25, -0.2) is 9.59 Å². The minimum absolute atomic E-state index is 0.130. The second-order valence-electron chi connectivity index (χ2n) is 6.50. The van der Waals surface area contributed by atoms with Gasteiger partial charge in [0.15, 0.2) is 23.0 Å². The lowest BCUT2D eigenvalue weighted by atomic mass is 10.1. The highest BCUT2D eigenvalue weighted by Crippen LogP contribution is 2.26. The van der Waals surface area contributed by atoms with Gasteiger partial charge in [0, 0.05) is 0 Å². The first kappa shape index (κ1) is 23.8. The van der Waals surface area contributed by atoms with E-state index >= 15 is 0 Å². The summed E-state index contributed by atoms with van der Waals surface area (Å²) in [5.41, 5.74) is 0.260. The Balaban J connectivity index is 2.10. The highest BCUT2D eigenvalue weighted by molar-refractivity contribution is 5.88. The molecule has 0 aliphatic rings. The van der Waals surface area contributed by atoms with Crippen molar-refractivity contribution in [3.8, 4) is 23.0 Å². The van der Waals surface area contributed by atoms with E-state index in [1.54, 1.807) is 0 Å². The van der Waals surface area contributed by atoms with Gasteiger partial charge in [-0.05, 0) is 35.4 Å². The largest absolute Gasteiger partial charge is 0.504 e. The Hall–Kier alpha value is -4.48. The maximum absolute atomic E-state index is 12.1. The van der Waals surface area contributed by atoms with Crippen LogP contribution in [-0.4, -0.2) is 66.7 Å². The fourth-order valence-corrected chi connectivity index (χ4v) is 2.54. The van der Waals surface area contributed by atoms with Crippen LogP contribution in [0.25, 0.3) is 0 Å². The average molecular weight is 450 g/mol. The number of hydrogen-bond donors (Lipinski definition) is 6. The van der Waals surface area contributed by atoms with Gasteiger partial charge in [0.1, 0.15) is 0 Å². The number of carboxylic acids is 2. The van der Waals surface area contributed by atoms with Crippen LogP contribution in [-0.2, 0) is 41.5 Å². The molecule has 0 heterocycles. The Morgan fingerprint density at radius 3 is 1.25 bits per heavy atom. The molecule has 0 aliphatic heterocycles. The second-order valence-corrected chi connectivity index (χ2v) is 6.50. The number of esters is 2. The summed E-state index contributed by atoms with van der Waals surface area (Å²) in [6.45, 7) is 0. The summed E-state index contributed by atoms with van der Waals surface area (Å²) < 4.78 is 9.36. The van der Waals surface area contributed by atoms with Crippen LogP contribution in [0.4, 0.5) is 0 Å². The van der Waals surface area contributed by atoms with Gasteiger partial charge in [0.25, 0.3) is 0 Å². The van der Waals surface area contributed by atoms with Gasteiger partial charge in [-0.3, -0.25) is 9.59 Å². The fraction of sp³-hybridized carbons (Fsp3) is 0.200. The fourth-order valence-electron chi connectivity index (χ4n) is 2.54. The normalized spacial score (nSPS) is 12.4. The molecule has 0 saturated heterocycles. The van der Waals surface area contributed by atoms with Crippen molar-refractivity contribution in [3.63, 3.8) is 0 Å². The van der Waals surface area contributed by atoms with E-state index < -0.39 is 71.9 Å². The monoisotopic (exact) mass is 450 g/mol. The summed E-state index contributed by atoms with van der Waals surface area (Å²) in [6.07, 6.45) is -5.93. The molecule has 0 radical (unpaired) electrons. The van der Waals surface area contributed by atoms with Crippen LogP contribution < -0.4 is 0 Å². The van der Waals surface area contributed by atoms with Gasteiger partial charge in [-0.1, -0.05) is 12.1 Å². The molecule has 0 spiro atoms. The van der Waals surface area contributed by atoms with E-state index in [2.05, 4.69) is 9.47 Å². The predicted octanol–water partition coefficient (Wildman–Crippen LogP) is 0.287. The Morgan fingerprint density at radius 1 is 0.625 bits per heavy atom. The molecule has 0 saturated carbocycles.